The summed E-state index contributed by atoms with van der Waals surface area (Å²) in [6.45, 7) is 6.14. The maximum absolute atomic E-state index is 12.7. The van der Waals surface area contributed by atoms with Crippen molar-refractivity contribution in [2.75, 3.05) is 22.2 Å². The van der Waals surface area contributed by atoms with Gasteiger partial charge in [-0.1, -0.05) is 30.3 Å². The fourth-order valence-electron chi connectivity index (χ4n) is 4.55. The van der Waals surface area contributed by atoms with Gasteiger partial charge in [0.1, 0.15) is 6.04 Å². The van der Waals surface area contributed by atoms with Gasteiger partial charge < -0.3 is 15.1 Å². The number of hydrogen-bond acceptors (Lipinski definition) is 6. The summed E-state index contributed by atoms with van der Waals surface area (Å²) >= 11 is 0. The highest BCUT2D eigenvalue weighted by Gasteiger charge is 2.34. The van der Waals surface area contributed by atoms with Crippen LogP contribution in [0.5, 0.6) is 0 Å². The number of H-pyrrole nitrogens is 1. The average molecular weight is 454 g/mol. The molecule has 1 aliphatic rings. The van der Waals surface area contributed by atoms with E-state index in [2.05, 4.69) is 45.3 Å². The van der Waals surface area contributed by atoms with Gasteiger partial charge in [0.15, 0.2) is 0 Å². The summed E-state index contributed by atoms with van der Waals surface area (Å²) in [6, 6.07) is 17.8. The van der Waals surface area contributed by atoms with Crippen LogP contribution in [0.1, 0.15) is 20.8 Å². The number of hydrogen-bond donors (Lipinski definition) is 2. The normalized spacial score (nSPS) is 15.6. The molecule has 0 saturated carbocycles. The zero-order valence-electron chi connectivity index (χ0n) is 19.6. The van der Waals surface area contributed by atoms with Crippen LogP contribution in [-0.4, -0.2) is 45.2 Å². The number of nitrogens with zero attached hydrogens (tertiary/aromatic N) is 5. The third-order valence-electron chi connectivity index (χ3n) is 6.17. The second-order valence-corrected chi connectivity index (χ2v) is 8.69. The van der Waals surface area contributed by atoms with Gasteiger partial charge in [-0.25, -0.2) is 9.97 Å². The van der Waals surface area contributed by atoms with Crippen LogP contribution in [0, 0.1) is 0 Å². The molecule has 0 fully saturated rings. The summed E-state index contributed by atoms with van der Waals surface area (Å²) in [5.74, 6) is 0.578. The van der Waals surface area contributed by atoms with Gasteiger partial charge >= 0.3 is 0 Å². The molecule has 0 unspecified atom stereocenters. The van der Waals surface area contributed by atoms with E-state index < -0.39 is 0 Å². The molecule has 0 bridgehead atoms. The molecular weight excluding hydrogens is 426 g/mol. The van der Waals surface area contributed by atoms with E-state index in [1.54, 1.807) is 17.3 Å². The van der Waals surface area contributed by atoms with Gasteiger partial charge in [-0.05, 0) is 45.0 Å². The largest absolute Gasteiger partial charge is 0.356 e. The molecule has 0 saturated heterocycles. The Hall–Kier alpha value is -4.20. The lowest BCUT2D eigenvalue weighted by Gasteiger charge is -2.42. The van der Waals surface area contributed by atoms with Crippen molar-refractivity contribution >= 4 is 28.9 Å². The third kappa shape index (κ3) is 3.77. The Bertz CT molecular complexity index is 1330. The average Bonchev–Trinajstić information content (AvgIpc) is 3.33. The van der Waals surface area contributed by atoms with Gasteiger partial charge in [0.25, 0.3) is 0 Å². The van der Waals surface area contributed by atoms with Crippen LogP contribution in [0.3, 0.4) is 0 Å². The van der Waals surface area contributed by atoms with Crippen molar-refractivity contribution in [3.05, 3.63) is 67.0 Å². The van der Waals surface area contributed by atoms with Crippen molar-refractivity contribution in [2.24, 2.45) is 0 Å². The number of carbonyl (C=O) groups excluding carboxylic acids is 1. The number of fused-ring (bicyclic) bond motifs is 1. The second kappa shape index (κ2) is 8.62. The maximum atomic E-state index is 12.7. The van der Waals surface area contributed by atoms with Crippen molar-refractivity contribution in [3.8, 4) is 22.5 Å². The molecule has 3 heterocycles. The van der Waals surface area contributed by atoms with E-state index in [0.29, 0.717) is 5.95 Å². The molecular formula is C26H27N7O. The van der Waals surface area contributed by atoms with E-state index in [0.717, 1.165) is 39.6 Å². The Balaban J connectivity index is 1.47. The molecule has 4 aromatic rings. The van der Waals surface area contributed by atoms with Gasteiger partial charge in [0.05, 0.1) is 29.0 Å². The quantitative estimate of drug-likeness (QED) is 0.449. The molecule has 2 aromatic heterocycles. The first-order valence-corrected chi connectivity index (χ1v) is 11.3. The Morgan fingerprint density at radius 1 is 1.06 bits per heavy atom. The number of likely N-dealkylation sites (N-methyl/N-ethyl adjacent to an activating group) is 1. The number of anilines is 4. The van der Waals surface area contributed by atoms with Crippen molar-refractivity contribution in [1.29, 1.82) is 0 Å². The number of rotatable bonds is 5. The highest BCUT2D eigenvalue weighted by Crippen LogP contribution is 2.39. The number of aromatic amines is 1. The zero-order valence-corrected chi connectivity index (χ0v) is 19.6. The number of carbonyl (C=O) groups is 1. The summed E-state index contributed by atoms with van der Waals surface area (Å²) in [7, 11) is 1.82. The summed E-state index contributed by atoms with van der Waals surface area (Å²) in [6.07, 6.45) is 3.52. The molecule has 1 amide bonds. The SMILES string of the molecule is CC(C)N1c2cc(Nc3nccc(-c4cn[nH]c4-c4ccccc4)n3)ccc2N(C)C(=O)[C@H]1C. The molecule has 8 heteroatoms. The molecule has 0 radical (unpaired) electrons. The Morgan fingerprint density at radius 2 is 1.85 bits per heavy atom. The first-order valence-electron chi connectivity index (χ1n) is 11.3. The van der Waals surface area contributed by atoms with Gasteiger partial charge in [0.2, 0.25) is 11.9 Å². The molecule has 1 atom stereocenters. The van der Waals surface area contributed by atoms with Gasteiger partial charge in [0, 0.05) is 36.1 Å². The first-order chi connectivity index (χ1) is 16.4. The van der Waals surface area contributed by atoms with Crippen LogP contribution in [0.4, 0.5) is 23.0 Å². The van der Waals surface area contributed by atoms with Gasteiger partial charge in [-0.2, -0.15) is 5.10 Å². The monoisotopic (exact) mass is 453 g/mol. The van der Waals surface area contributed by atoms with E-state index in [4.69, 9.17) is 4.98 Å². The number of nitrogens with one attached hydrogen (secondary N) is 2. The number of amides is 1. The molecule has 34 heavy (non-hydrogen) atoms. The lowest BCUT2D eigenvalue weighted by Crippen LogP contribution is -2.53. The zero-order chi connectivity index (χ0) is 23.8. The van der Waals surface area contributed by atoms with E-state index in [9.17, 15) is 4.79 Å². The van der Waals surface area contributed by atoms with Crippen LogP contribution >= 0.6 is 0 Å². The summed E-state index contributed by atoms with van der Waals surface area (Å²) in [5, 5.41) is 10.7. The minimum absolute atomic E-state index is 0.0901. The highest BCUT2D eigenvalue weighted by atomic mass is 16.2. The lowest BCUT2D eigenvalue weighted by atomic mass is 10.0. The smallest absolute Gasteiger partial charge is 0.249 e. The van der Waals surface area contributed by atoms with Crippen LogP contribution < -0.4 is 15.1 Å². The van der Waals surface area contributed by atoms with E-state index in [1.165, 1.54) is 0 Å². The summed E-state index contributed by atoms with van der Waals surface area (Å²) in [5.41, 5.74) is 6.38. The van der Waals surface area contributed by atoms with Crippen LogP contribution in [0.2, 0.25) is 0 Å². The predicted octanol–water partition coefficient (Wildman–Crippen LogP) is 4.86. The van der Waals surface area contributed by atoms with Crippen molar-refractivity contribution in [3.63, 3.8) is 0 Å². The molecule has 2 N–H and O–H groups in total. The standard InChI is InChI=1S/C26H27N7O/c1-16(2)33-17(3)25(34)32(4)22-11-10-19(14-23(22)33)29-26-27-13-12-21(30-26)20-15-28-31-24(20)18-8-6-5-7-9-18/h5-17H,1-4H3,(H,28,31)(H,27,29,30)/t17-/m1/s1. The Kier molecular flexibility index (Phi) is 5.49. The second-order valence-electron chi connectivity index (χ2n) is 8.69. The van der Waals surface area contributed by atoms with E-state index in [-0.39, 0.29) is 18.0 Å². The van der Waals surface area contributed by atoms with Crippen molar-refractivity contribution in [2.45, 2.75) is 32.9 Å². The number of benzene rings is 2. The minimum atomic E-state index is -0.232. The Morgan fingerprint density at radius 3 is 2.62 bits per heavy atom. The predicted molar refractivity (Wildman–Crippen MR) is 135 cm³/mol. The van der Waals surface area contributed by atoms with Crippen LogP contribution in [-0.2, 0) is 4.79 Å². The fourth-order valence-corrected chi connectivity index (χ4v) is 4.55. The summed E-state index contributed by atoms with van der Waals surface area (Å²) < 4.78 is 0. The molecule has 5 rings (SSSR count). The fraction of sp³-hybridized carbons (Fsp3) is 0.231. The molecule has 0 aliphatic carbocycles. The highest BCUT2D eigenvalue weighted by molar-refractivity contribution is 6.05. The molecule has 2 aromatic carbocycles. The van der Waals surface area contributed by atoms with Crippen LogP contribution in [0.25, 0.3) is 22.5 Å². The maximum Gasteiger partial charge on any atom is 0.249 e. The van der Waals surface area contributed by atoms with Gasteiger partial charge in [-0.3, -0.25) is 9.89 Å². The number of aromatic nitrogens is 4. The van der Waals surface area contributed by atoms with Crippen molar-refractivity contribution < 1.29 is 4.79 Å². The molecule has 8 nitrogen and oxygen atoms in total. The third-order valence-corrected chi connectivity index (χ3v) is 6.17. The first kappa shape index (κ1) is 21.6. The topological polar surface area (TPSA) is 90.0 Å². The van der Waals surface area contributed by atoms with Gasteiger partial charge in [-0.15, -0.1) is 0 Å². The van der Waals surface area contributed by atoms with Crippen molar-refractivity contribution in [1.82, 2.24) is 20.2 Å². The van der Waals surface area contributed by atoms with E-state index >= 15 is 0 Å². The lowest BCUT2D eigenvalue weighted by molar-refractivity contribution is -0.119. The van der Waals surface area contributed by atoms with Crippen LogP contribution in [0.15, 0.2) is 67.0 Å². The minimum Gasteiger partial charge on any atom is -0.356 e. The van der Waals surface area contributed by atoms with E-state index in [1.807, 2.05) is 62.5 Å². The molecule has 0 spiro atoms. The molecule has 172 valence electrons. The Labute approximate surface area is 198 Å². The molecule has 1 aliphatic heterocycles. The summed E-state index contributed by atoms with van der Waals surface area (Å²) in [4.78, 5) is 25.7.